The van der Waals surface area contributed by atoms with Crippen LogP contribution in [0.1, 0.15) is 61.7 Å². The number of hydrogen-bond donors (Lipinski definition) is 2. The lowest BCUT2D eigenvalue weighted by Gasteiger charge is -2.31. The first-order valence-electron chi connectivity index (χ1n) is 12.4. The van der Waals surface area contributed by atoms with Gasteiger partial charge in [-0.25, -0.2) is 22.9 Å². The van der Waals surface area contributed by atoms with Gasteiger partial charge in [0.2, 0.25) is 11.7 Å². The summed E-state index contributed by atoms with van der Waals surface area (Å²) in [5.74, 6) is -6.62. The Labute approximate surface area is 225 Å². The third kappa shape index (κ3) is 7.45. The van der Waals surface area contributed by atoms with Gasteiger partial charge >= 0.3 is 12.3 Å². The highest BCUT2D eigenvalue weighted by Crippen LogP contribution is 2.32. The summed E-state index contributed by atoms with van der Waals surface area (Å²) < 4.78 is 88.3. The number of amides is 3. The van der Waals surface area contributed by atoms with Gasteiger partial charge < -0.3 is 24.8 Å². The second-order valence-electron chi connectivity index (χ2n) is 10.2. The highest BCUT2D eigenvalue weighted by molar-refractivity contribution is 5.93. The Kier molecular flexibility index (Phi) is 9.04. The fourth-order valence-corrected chi connectivity index (χ4v) is 4.20. The lowest BCUT2D eigenvalue weighted by Crippen LogP contribution is -2.46. The molecule has 0 fully saturated rings. The third-order valence-corrected chi connectivity index (χ3v) is 5.86. The standard InChI is InChI=1S/C25H29F6N5O4/c1-5-32-21(38)20-18-12-35(6-7-36(18)22(34-20)25(29,30)31)19(37)10-14(33-23(39)40-24(2,3)4)8-13-9-16(27)17(28)11-15(13)26/h9,11,14H,5-8,10,12H2,1-4H3,(H,32,38)(H,33,39). The van der Waals surface area contributed by atoms with E-state index in [2.05, 4.69) is 15.6 Å². The van der Waals surface area contributed by atoms with Gasteiger partial charge in [0.15, 0.2) is 17.3 Å². The van der Waals surface area contributed by atoms with Crippen LogP contribution >= 0.6 is 0 Å². The highest BCUT2D eigenvalue weighted by atomic mass is 19.4. The van der Waals surface area contributed by atoms with Crippen LogP contribution in [0.3, 0.4) is 0 Å². The summed E-state index contributed by atoms with van der Waals surface area (Å²) in [4.78, 5) is 42.8. The SMILES string of the molecule is CCNC(=O)c1nc(C(F)(F)F)n2c1CN(C(=O)CC(Cc1cc(F)c(F)cc1F)NC(=O)OC(C)(C)C)CC2. The van der Waals surface area contributed by atoms with Gasteiger partial charge in [-0.3, -0.25) is 9.59 Å². The van der Waals surface area contributed by atoms with Crippen molar-refractivity contribution in [3.8, 4) is 0 Å². The Morgan fingerprint density at radius 2 is 1.70 bits per heavy atom. The van der Waals surface area contributed by atoms with E-state index in [1.165, 1.54) is 4.90 Å². The molecular weight excluding hydrogens is 548 g/mol. The smallest absolute Gasteiger partial charge is 0.444 e. The van der Waals surface area contributed by atoms with E-state index >= 15 is 0 Å². The van der Waals surface area contributed by atoms with E-state index < -0.39 is 84.1 Å². The summed E-state index contributed by atoms with van der Waals surface area (Å²) in [6.45, 7) is 5.57. The first-order valence-corrected chi connectivity index (χ1v) is 12.4. The Morgan fingerprint density at radius 3 is 2.30 bits per heavy atom. The second-order valence-corrected chi connectivity index (χ2v) is 10.2. The van der Waals surface area contributed by atoms with Crippen molar-refractivity contribution in [1.29, 1.82) is 0 Å². The van der Waals surface area contributed by atoms with Crippen molar-refractivity contribution < 1.29 is 45.5 Å². The average Bonchev–Trinajstić information content (AvgIpc) is 3.21. The van der Waals surface area contributed by atoms with Crippen molar-refractivity contribution in [2.75, 3.05) is 13.1 Å². The maximum atomic E-state index is 14.4. The molecule has 9 nitrogen and oxygen atoms in total. The molecule has 0 spiro atoms. The first kappa shape index (κ1) is 30.8. The first-order chi connectivity index (χ1) is 18.5. The molecule has 1 unspecified atom stereocenters. The molecule has 2 heterocycles. The van der Waals surface area contributed by atoms with Gasteiger partial charge in [0.1, 0.15) is 11.4 Å². The lowest BCUT2D eigenvalue weighted by atomic mass is 10.0. The number of fused-ring (bicyclic) bond motifs is 1. The van der Waals surface area contributed by atoms with Gasteiger partial charge in [0, 0.05) is 38.2 Å². The molecule has 0 bridgehead atoms. The molecule has 0 saturated heterocycles. The topological polar surface area (TPSA) is 106 Å². The Morgan fingerprint density at radius 1 is 1.05 bits per heavy atom. The zero-order chi connectivity index (χ0) is 30.0. The highest BCUT2D eigenvalue weighted by Gasteiger charge is 2.41. The summed E-state index contributed by atoms with van der Waals surface area (Å²) in [5.41, 5.74) is -1.85. The summed E-state index contributed by atoms with van der Waals surface area (Å²) in [6, 6.07) is -0.221. The van der Waals surface area contributed by atoms with E-state index in [0.717, 1.165) is 4.57 Å². The molecule has 0 aliphatic carbocycles. The second kappa shape index (κ2) is 11.8. The molecule has 3 amide bonds. The van der Waals surface area contributed by atoms with Crippen LogP contribution in [0.2, 0.25) is 0 Å². The number of ether oxygens (including phenoxy) is 1. The minimum Gasteiger partial charge on any atom is -0.444 e. The number of alkyl halides is 3. The quantitative estimate of drug-likeness (QED) is 0.383. The molecular formula is C25H29F6N5O4. The van der Waals surface area contributed by atoms with Crippen LogP contribution in [0, 0.1) is 17.5 Å². The normalized spacial score (nSPS) is 14.4. The lowest BCUT2D eigenvalue weighted by molar-refractivity contribution is -0.148. The van der Waals surface area contributed by atoms with Crippen molar-refractivity contribution >= 4 is 17.9 Å². The Bertz CT molecular complexity index is 1290. The molecule has 40 heavy (non-hydrogen) atoms. The van der Waals surface area contributed by atoms with Crippen molar-refractivity contribution in [2.24, 2.45) is 0 Å². The van der Waals surface area contributed by atoms with Crippen molar-refractivity contribution in [3.05, 3.63) is 52.4 Å². The molecule has 1 aromatic carbocycles. The Hall–Kier alpha value is -3.78. The molecule has 3 rings (SSSR count). The van der Waals surface area contributed by atoms with E-state index in [1.54, 1.807) is 27.7 Å². The predicted octanol–water partition coefficient (Wildman–Crippen LogP) is 3.94. The number of carbonyl (C=O) groups is 3. The summed E-state index contributed by atoms with van der Waals surface area (Å²) in [5, 5.41) is 4.82. The van der Waals surface area contributed by atoms with Crippen LogP contribution in [0.25, 0.3) is 0 Å². The van der Waals surface area contributed by atoms with Gasteiger partial charge in [-0.15, -0.1) is 0 Å². The summed E-state index contributed by atoms with van der Waals surface area (Å²) in [6.07, 6.45) is -6.72. The number of carbonyl (C=O) groups excluding carboxylic acids is 3. The fraction of sp³-hybridized carbons (Fsp3) is 0.520. The molecule has 0 saturated carbocycles. The maximum Gasteiger partial charge on any atom is 0.449 e. The molecule has 0 radical (unpaired) electrons. The number of imidazole rings is 1. The molecule has 1 aliphatic heterocycles. The summed E-state index contributed by atoms with van der Waals surface area (Å²) >= 11 is 0. The molecule has 2 aromatic rings. The maximum absolute atomic E-state index is 14.4. The van der Waals surface area contributed by atoms with E-state index in [0.29, 0.717) is 12.1 Å². The monoisotopic (exact) mass is 577 g/mol. The van der Waals surface area contributed by atoms with Crippen LogP contribution < -0.4 is 10.6 Å². The zero-order valence-electron chi connectivity index (χ0n) is 22.2. The van der Waals surface area contributed by atoms with E-state index in [4.69, 9.17) is 4.74 Å². The molecule has 220 valence electrons. The van der Waals surface area contributed by atoms with Crippen molar-refractivity contribution in [2.45, 2.75) is 71.4 Å². The average molecular weight is 578 g/mol. The minimum atomic E-state index is -4.84. The molecule has 1 aromatic heterocycles. The molecule has 15 heteroatoms. The molecule has 1 aliphatic rings. The number of nitrogens with zero attached hydrogens (tertiary/aromatic N) is 3. The number of alkyl carbamates (subject to hydrolysis) is 1. The number of benzene rings is 1. The van der Waals surface area contributed by atoms with Gasteiger partial charge in [-0.2, -0.15) is 13.2 Å². The zero-order valence-corrected chi connectivity index (χ0v) is 22.2. The predicted molar refractivity (Wildman–Crippen MR) is 128 cm³/mol. The number of aromatic nitrogens is 2. The Balaban J connectivity index is 1.86. The van der Waals surface area contributed by atoms with Crippen LogP contribution in [0.4, 0.5) is 31.1 Å². The van der Waals surface area contributed by atoms with Crippen molar-refractivity contribution in [3.63, 3.8) is 0 Å². The minimum absolute atomic E-state index is 0.124. The largest absolute Gasteiger partial charge is 0.449 e. The molecule has 1 atom stereocenters. The van der Waals surface area contributed by atoms with E-state index in [1.807, 2.05) is 0 Å². The number of hydrogen-bond acceptors (Lipinski definition) is 5. The van der Waals surface area contributed by atoms with Crippen LogP contribution in [-0.2, 0) is 35.2 Å². The van der Waals surface area contributed by atoms with Crippen LogP contribution in [0.5, 0.6) is 0 Å². The van der Waals surface area contributed by atoms with Crippen LogP contribution in [0.15, 0.2) is 12.1 Å². The van der Waals surface area contributed by atoms with Gasteiger partial charge in [0.25, 0.3) is 5.91 Å². The summed E-state index contributed by atoms with van der Waals surface area (Å²) in [7, 11) is 0. The van der Waals surface area contributed by atoms with Gasteiger partial charge in [-0.05, 0) is 45.7 Å². The van der Waals surface area contributed by atoms with Gasteiger partial charge in [0.05, 0.1) is 12.2 Å². The van der Waals surface area contributed by atoms with E-state index in [-0.39, 0.29) is 30.9 Å². The number of rotatable bonds is 7. The van der Waals surface area contributed by atoms with Crippen LogP contribution in [-0.4, -0.2) is 57.1 Å². The van der Waals surface area contributed by atoms with E-state index in [9.17, 15) is 40.7 Å². The third-order valence-electron chi connectivity index (χ3n) is 5.86. The van der Waals surface area contributed by atoms with Crippen molar-refractivity contribution in [1.82, 2.24) is 25.1 Å². The molecule has 2 N–H and O–H groups in total. The van der Waals surface area contributed by atoms with Gasteiger partial charge in [-0.1, -0.05) is 0 Å². The fourth-order valence-electron chi connectivity index (χ4n) is 4.20. The number of nitrogens with one attached hydrogen (secondary N) is 2. The number of halogens is 6.